The Bertz CT molecular complexity index is 1120. The monoisotopic (exact) mass is 403 g/mol. The average Bonchev–Trinajstić information content (AvgIpc) is 3.24. The van der Waals surface area contributed by atoms with E-state index in [9.17, 15) is 14.4 Å². The molecule has 1 N–H and O–H groups in total. The van der Waals surface area contributed by atoms with E-state index in [0.717, 1.165) is 22.5 Å². The topological polar surface area (TPSA) is 79.4 Å². The number of rotatable bonds is 5. The van der Waals surface area contributed by atoms with Crippen LogP contribution in [0.5, 0.6) is 0 Å². The van der Waals surface area contributed by atoms with Crippen LogP contribution in [0.2, 0.25) is 0 Å². The molecular weight excluding hydrogens is 386 g/mol. The lowest BCUT2D eigenvalue weighted by molar-refractivity contribution is -0.116. The van der Waals surface area contributed by atoms with Crippen molar-refractivity contribution in [2.24, 2.45) is 0 Å². The molecule has 1 aliphatic heterocycles. The Morgan fingerprint density at radius 2 is 1.72 bits per heavy atom. The number of fused-ring (bicyclic) bond motifs is 1. The van der Waals surface area contributed by atoms with Gasteiger partial charge in [-0.3, -0.25) is 19.3 Å². The highest BCUT2D eigenvalue weighted by Crippen LogP contribution is 2.33. The molecule has 6 nitrogen and oxygen atoms in total. The quantitative estimate of drug-likeness (QED) is 0.651. The summed E-state index contributed by atoms with van der Waals surface area (Å²) in [5, 5.41) is 3.02. The molecule has 0 radical (unpaired) electrons. The number of carbonyl (C=O) groups excluding carboxylic acids is 3. The van der Waals surface area contributed by atoms with Crippen LogP contribution in [0.25, 0.3) is 17.0 Å². The Kier molecular flexibility index (Phi) is 4.82. The molecule has 2 heterocycles. The van der Waals surface area contributed by atoms with Gasteiger partial charge in [-0.25, -0.2) is 4.98 Å². The minimum absolute atomic E-state index is 0.125. The van der Waals surface area contributed by atoms with Crippen molar-refractivity contribution in [2.75, 3.05) is 11.9 Å². The molecule has 0 spiro atoms. The molecule has 0 atom stereocenters. The first-order valence-corrected chi connectivity index (χ1v) is 9.74. The van der Waals surface area contributed by atoms with Crippen LogP contribution in [0.4, 0.5) is 5.13 Å². The molecule has 0 aliphatic carbocycles. The van der Waals surface area contributed by atoms with Crippen LogP contribution in [-0.4, -0.2) is 34.0 Å². The average molecular weight is 403 g/mol. The Morgan fingerprint density at radius 1 is 1.07 bits per heavy atom. The predicted molar refractivity (Wildman–Crippen MR) is 113 cm³/mol. The molecule has 0 unspecified atom stereocenters. The summed E-state index contributed by atoms with van der Waals surface area (Å²) in [6.45, 7) is 5.23. The van der Waals surface area contributed by atoms with Gasteiger partial charge in [0.1, 0.15) is 6.54 Å². The van der Waals surface area contributed by atoms with E-state index in [4.69, 9.17) is 0 Å². The van der Waals surface area contributed by atoms with Crippen LogP contribution in [0.15, 0.2) is 61.2 Å². The second kappa shape index (κ2) is 7.44. The number of hydrogen-bond acceptors (Lipinski definition) is 5. The maximum Gasteiger partial charge on any atom is 0.259 e. The molecular formula is C22H17N3O3S. The van der Waals surface area contributed by atoms with E-state index < -0.39 is 5.91 Å². The second-order valence-electron chi connectivity index (χ2n) is 6.55. The van der Waals surface area contributed by atoms with Gasteiger partial charge in [0.25, 0.3) is 5.91 Å². The summed E-state index contributed by atoms with van der Waals surface area (Å²) in [7, 11) is 0. The summed E-state index contributed by atoms with van der Waals surface area (Å²) in [5.41, 5.74) is 3.09. The zero-order valence-corrected chi connectivity index (χ0v) is 16.5. The van der Waals surface area contributed by atoms with Gasteiger partial charge in [0.2, 0.25) is 5.91 Å². The van der Waals surface area contributed by atoms with Crippen LogP contribution in [-0.2, 0) is 4.79 Å². The second-order valence-corrected chi connectivity index (χ2v) is 7.55. The SMILES string of the molecule is C=C1c2ccccc2C(=O)N1CC(=O)Nc1nc(-c2ccccc2)c(C(C)=O)s1. The van der Waals surface area contributed by atoms with Crippen LogP contribution in [0.3, 0.4) is 0 Å². The third kappa shape index (κ3) is 3.48. The van der Waals surface area contributed by atoms with Crippen molar-refractivity contribution in [3.63, 3.8) is 0 Å². The number of aromatic nitrogens is 1. The van der Waals surface area contributed by atoms with Crippen LogP contribution >= 0.6 is 11.3 Å². The number of benzene rings is 2. The van der Waals surface area contributed by atoms with E-state index in [0.29, 0.717) is 27.0 Å². The van der Waals surface area contributed by atoms with Crippen molar-refractivity contribution in [2.45, 2.75) is 6.92 Å². The smallest absolute Gasteiger partial charge is 0.259 e. The van der Waals surface area contributed by atoms with Crippen molar-refractivity contribution >= 4 is 39.8 Å². The largest absolute Gasteiger partial charge is 0.300 e. The summed E-state index contributed by atoms with van der Waals surface area (Å²) in [6.07, 6.45) is 0. The van der Waals surface area contributed by atoms with Crippen LogP contribution in [0, 0.1) is 0 Å². The Labute approximate surface area is 171 Å². The van der Waals surface area contributed by atoms with Crippen LogP contribution < -0.4 is 5.32 Å². The zero-order chi connectivity index (χ0) is 20.5. The number of amides is 2. The van der Waals surface area contributed by atoms with Crippen molar-refractivity contribution in [3.05, 3.63) is 77.2 Å². The number of Topliss-reactive ketones (excluding diaryl/α,β-unsaturated/α-hetero) is 1. The number of nitrogens with zero attached hydrogens (tertiary/aromatic N) is 2. The lowest BCUT2D eigenvalue weighted by Gasteiger charge is -2.16. The van der Waals surface area contributed by atoms with Gasteiger partial charge in [-0.2, -0.15) is 0 Å². The van der Waals surface area contributed by atoms with Gasteiger partial charge in [-0.05, 0) is 6.07 Å². The van der Waals surface area contributed by atoms with Crippen molar-refractivity contribution < 1.29 is 14.4 Å². The molecule has 3 aromatic rings. The van der Waals surface area contributed by atoms with Crippen molar-refractivity contribution in [1.29, 1.82) is 0 Å². The maximum absolute atomic E-state index is 12.6. The van der Waals surface area contributed by atoms with E-state index in [1.807, 2.05) is 36.4 Å². The normalized spacial score (nSPS) is 12.8. The van der Waals surface area contributed by atoms with Gasteiger partial charge in [0, 0.05) is 29.3 Å². The van der Waals surface area contributed by atoms with Gasteiger partial charge in [-0.1, -0.05) is 66.4 Å². The van der Waals surface area contributed by atoms with Gasteiger partial charge < -0.3 is 5.32 Å². The molecule has 0 saturated heterocycles. The van der Waals surface area contributed by atoms with E-state index in [-0.39, 0.29) is 18.2 Å². The van der Waals surface area contributed by atoms with Crippen molar-refractivity contribution in [1.82, 2.24) is 9.88 Å². The summed E-state index contributed by atoms with van der Waals surface area (Å²) < 4.78 is 0. The molecule has 0 bridgehead atoms. The lowest BCUT2D eigenvalue weighted by atomic mass is 10.1. The number of ketones is 1. The fraction of sp³-hybridized carbons (Fsp3) is 0.0909. The highest BCUT2D eigenvalue weighted by Gasteiger charge is 2.32. The predicted octanol–water partition coefficient (Wildman–Crippen LogP) is 4.08. The number of anilines is 1. The number of thiazole rings is 1. The van der Waals surface area contributed by atoms with E-state index in [2.05, 4.69) is 16.9 Å². The molecule has 7 heteroatoms. The van der Waals surface area contributed by atoms with E-state index >= 15 is 0 Å². The van der Waals surface area contributed by atoms with E-state index in [1.165, 1.54) is 11.8 Å². The van der Waals surface area contributed by atoms with E-state index in [1.54, 1.807) is 18.2 Å². The first-order valence-electron chi connectivity index (χ1n) is 8.93. The summed E-state index contributed by atoms with van der Waals surface area (Å²) in [5.74, 6) is -0.787. The molecule has 1 aromatic heterocycles. The molecule has 2 amide bonds. The summed E-state index contributed by atoms with van der Waals surface area (Å²) in [6, 6.07) is 16.4. The summed E-state index contributed by atoms with van der Waals surface area (Å²) >= 11 is 1.12. The fourth-order valence-electron chi connectivity index (χ4n) is 3.21. The molecule has 1 aliphatic rings. The fourth-order valence-corrected chi connectivity index (χ4v) is 4.11. The standard InChI is InChI=1S/C22H17N3O3S/c1-13-16-10-6-7-11-17(16)21(28)25(13)12-18(27)23-22-24-19(20(29-22)14(2)26)15-8-4-3-5-9-15/h3-11H,1,12H2,2H3,(H,23,24,27). The highest BCUT2D eigenvalue weighted by molar-refractivity contribution is 7.18. The minimum Gasteiger partial charge on any atom is -0.300 e. The number of carbonyl (C=O) groups is 3. The first kappa shape index (κ1) is 18.8. The van der Waals surface area contributed by atoms with Crippen LogP contribution in [0.1, 0.15) is 32.5 Å². The lowest BCUT2D eigenvalue weighted by Crippen LogP contribution is -2.32. The minimum atomic E-state index is -0.407. The molecule has 2 aromatic carbocycles. The first-order chi connectivity index (χ1) is 14.0. The Hall–Kier alpha value is -3.58. The van der Waals surface area contributed by atoms with Gasteiger partial charge in [0.15, 0.2) is 10.9 Å². The molecule has 144 valence electrons. The van der Waals surface area contributed by atoms with Crippen molar-refractivity contribution in [3.8, 4) is 11.3 Å². The third-order valence-corrected chi connectivity index (χ3v) is 5.65. The number of nitrogens with one attached hydrogen (secondary N) is 1. The van der Waals surface area contributed by atoms with Gasteiger partial charge >= 0.3 is 0 Å². The Balaban J connectivity index is 1.53. The molecule has 0 saturated carbocycles. The van der Waals surface area contributed by atoms with Gasteiger partial charge in [0.05, 0.1) is 10.6 Å². The Morgan fingerprint density at radius 3 is 2.38 bits per heavy atom. The maximum atomic E-state index is 12.6. The molecule has 0 fully saturated rings. The third-order valence-electron chi connectivity index (χ3n) is 4.58. The summed E-state index contributed by atoms with van der Waals surface area (Å²) in [4.78, 5) is 43.4. The molecule has 4 rings (SSSR count). The highest BCUT2D eigenvalue weighted by atomic mass is 32.1. The van der Waals surface area contributed by atoms with Gasteiger partial charge in [-0.15, -0.1) is 0 Å². The molecule has 29 heavy (non-hydrogen) atoms. The number of hydrogen-bond donors (Lipinski definition) is 1. The zero-order valence-electron chi connectivity index (χ0n) is 15.6.